The van der Waals surface area contributed by atoms with Crippen LogP contribution in [-0.4, -0.2) is 101 Å². The molecule has 20 nitrogen and oxygen atoms in total. The molecule has 0 bridgehead atoms. The highest BCUT2D eigenvalue weighted by atomic mass is 31.2. The summed E-state index contributed by atoms with van der Waals surface area (Å²) in [4.78, 5) is 43.3. The Hall–Kier alpha value is -3.75. The fourth-order valence-electron chi connectivity index (χ4n) is 5.02. The normalized spacial score (nSPS) is 26.2. The van der Waals surface area contributed by atoms with Crippen molar-refractivity contribution in [2.45, 2.75) is 62.6 Å². The van der Waals surface area contributed by atoms with Crippen molar-refractivity contribution in [3.63, 3.8) is 0 Å². The number of rotatable bonds is 14. The van der Waals surface area contributed by atoms with E-state index < -0.39 is 63.6 Å². The molecule has 0 radical (unpaired) electrons. The third-order valence-electron chi connectivity index (χ3n) is 7.26. The smallest absolute Gasteiger partial charge is 0.394 e. The zero-order chi connectivity index (χ0) is 32.1. The highest BCUT2D eigenvalue weighted by Crippen LogP contribution is 2.49. The first-order valence-corrected chi connectivity index (χ1v) is 15.6. The molecule has 0 aliphatic carbocycles. The van der Waals surface area contributed by atoms with E-state index in [2.05, 4.69) is 30.2 Å². The maximum absolute atomic E-state index is 12.9. The highest BCUT2D eigenvalue weighted by Gasteiger charge is 2.43. The molecule has 0 amide bonds. The first kappa shape index (κ1) is 32.6. The number of anilines is 2. The number of nitrogen functional groups attached to an aromatic ring is 1. The van der Waals surface area contributed by atoms with Gasteiger partial charge in [0.05, 0.1) is 25.6 Å². The molecule has 2 fully saturated rings. The van der Waals surface area contributed by atoms with Gasteiger partial charge in [-0.2, -0.15) is 4.98 Å². The van der Waals surface area contributed by atoms with E-state index in [9.17, 15) is 24.5 Å². The van der Waals surface area contributed by atoms with Crippen LogP contribution in [0, 0.1) is 0 Å². The van der Waals surface area contributed by atoms with Crippen LogP contribution in [0.15, 0.2) is 34.7 Å². The van der Waals surface area contributed by atoms with Gasteiger partial charge in [0.1, 0.15) is 48.4 Å². The average molecular weight is 654 g/mol. The van der Waals surface area contributed by atoms with Crippen LogP contribution in [0.4, 0.5) is 11.6 Å². The number of nitrogens with one attached hydrogen (secondary N) is 1. The summed E-state index contributed by atoms with van der Waals surface area (Å²) < 4.78 is 37.7. The fraction of sp³-hybridized carbons (Fsp3) is 0.583. The van der Waals surface area contributed by atoms with Crippen LogP contribution in [-0.2, 0) is 23.1 Å². The number of aliphatic hydroxyl groups is 2. The number of aromatic nitrogens is 6. The molecule has 2 aliphatic heterocycles. The minimum absolute atomic E-state index is 0.0313. The number of imidazole rings is 1. The van der Waals surface area contributed by atoms with Gasteiger partial charge in [-0.15, -0.1) is 0 Å². The van der Waals surface area contributed by atoms with Crippen LogP contribution in [0.3, 0.4) is 0 Å². The van der Waals surface area contributed by atoms with Gasteiger partial charge < -0.3 is 47.1 Å². The fourth-order valence-corrected chi connectivity index (χ4v) is 5.98. The summed E-state index contributed by atoms with van der Waals surface area (Å²) in [6.07, 6.45) is -0.0309. The van der Waals surface area contributed by atoms with Crippen LogP contribution in [0.2, 0.25) is 0 Å². The number of unbranched alkanes of at least 4 members (excludes halogenated alkanes) is 1. The predicted octanol–water partition coefficient (Wildman–Crippen LogP) is -1.44. The lowest BCUT2D eigenvalue weighted by atomic mass is 10.2. The second kappa shape index (κ2) is 14.1. The highest BCUT2D eigenvalue weighted by molar-refractivity contribution is 7.47. The first-order valence-electron chi connectivity index (χ1n) is 14.1. The number of guanidine groups is 1. The Bertz CT molecular complexity index is 1600. The lowest BCUT2D eigenvalue weighted by molar-refractivity contribution is -0.0564. The summed E-state index contributed by atoms with van der Waals surface area (Å²) in [5.41, 5.74) is 16.6. The Balaban J connectivity index is 1.13. The predicted molar refractivity (Wildman–Crippen MR) is 157 cm³/mol. The van der Waals surface area contributed by atoms with Gasteiger partial charge in [0.15, 0.2) is 17.4 Å². The molecule has 2 saturated heterocycles. The van der Waals surface area contributed by atoms with E-state index in [0.29, 0.717) is 30.1 Å². The zero-order valence-electron chi connectivity index (χ0n) is 24.0. The van der Waals surface area contributed by atoms with Crippen molar-refractivity contribution in [2.24, 2.45) is 16.5 Å². The lowest BCUT2D eigenvalue weighted by Crippen LogP contribution is -2.29. The Morgan fingerprint density at radius 2 is 1.93 bits per heavy atom. The van der Waals surface area contributed by atoms with Crippen LogP contribution in [0.1, 0.15) is 38.1 Å². The average Bonchev–Trinajstić information content (AvgIpc) is 3.70. The number of hydrogen-bond donors (Lipinski definition) is 7. The Morgan fingerprint density at radius 3 is 2.69 bits per heavy atom. The van der Waals surface area contributed by atoms with E-state index in [1.165, 1.54) is 23.4 Å². The third kappa shape index (κ3) is 7.92. The van der Waals surface area contributed by atoms with Crippen LogP contribution in [0.5, 0.6) is 0 Å². The molecule has 45 heavy (non-hydrogen) atoms. The maximum atomic E-state index is 12.9. The number of phosphoric ester groups is 1. The molecule has 5 rings (SSSR count). The molecule has 2 aliphatic rings. The number of phosphoric acid groups is 1. The standard InChI is InChI=1S/C24H36N11O9P/c25-21-20-22(31-11-30-21)35(12-32-20)18-7-13(37)16(43-18)10-41-45(39,40)44-14-8-19(42-15(14)9-36)34-6-3-17(33-24(34)38)28-4-1-2-5-29-23(26)27/h3,6,11-16,18-19,36-37H,1-2,4-5,7-10H2,(H,39,40)(H2,25,30,31)(H4,26,27,29)(H,28,33,38)/t13-,14-,15+,16+,18+,19+/m0/s1. The van der Waals surface area contributed by atoms with Crippen molar-refractivity contribution in [2.75, 3.05) is 37.4 Å². The van der Waals surface area contributed by atoms with E-state index in [1.807, 2.05) is 0 Å². The van der Waals surface area contributed by atoms with Crippen molar-refractivity contribution < 1.29 is 38.2 Å². The van der Waals surface area contributed by atoms with E-state index in [4.69, 9.17) is 35.7 Å². The molecule has 21 heteroatoms. The van der Waals surface area contributed by atoms with Crippen molar-refractivity contribution in [1.82, 2.24) is 29.1 Å². The molecule has 7 atom stereocenters. The van der Waals surface area contributed by atoms with Crippen molar-refractivity contribution >= 4 is 36.6 Å². The van der Waals surface area contributed by atoms with E-state index >= 15 is 0 Å². The molecular formula is C24H36N11O9P. The summed E-state index contributed by atoms with van der Waals surface area (Å²) in [6, 6.07) is 1.58. The number of nitrogens with two attached hydrogens (primary N) is 3. The largest absolute Gasteiger partial charge is 0.472 e. The van der Waals surface area contributed by atoms with Gasteiger partial charge >= 0.3 is 13.5 Å². The summed E-state index contributed by atoms with van der Waals surface area (Å²) in [5.74, 6) is 0.574. The number of aliphatic hydroxyl groups excluding tert-OH is 2. The molecule has 3 aromatic heterocycles. The van der Waals surface area contributed by atoms with Gasteiger partial charge in [0.25, 0.3) is 0 Å². The van der Waals surface area contributed by atoms with Gasteiger partial charge in [0, 0.05) is 32.1 Å². The number of ether oxygens (including phenoxy) is 2. The zero-order valence-corrected chi connectivity index (χ0v) is 24.9. The van der Waals surface area contributed by atoms with Crippen LogP contribution in [0.25, 0.3) is 11.2 Å². The molecule has 1 unspecified atom stereocenters. The van der Waals surface area contributed by atoms with Gasteiger partial charge in [-0.1, -0.05) is 0 Å². The maximum Gasteiger partial charge on any atom is 0.472 e. The first-order chi connectivity index (χ1) is 21.5. The quantitative estimate of drug-likeness (QED) is 0.0453. The second-order valence-corrected chi connectivity index (χ2v) is 11.8. The minimum atomic E-state index is -4.73. The summed E-state index contributed by atoms with van der Waals surface area (Å²) >= 11 is 0. The molecular weight excluding hydrogens is 617 g/mol. The Kier molecular flexibility index (Phi) is 10.2. The minimum Gasteiger partial charge on any atom is -0.394 e. The molecule has 0 aromatic carbocycles. The van der Waals surface area contributed by atoms with Gasteiger partial charge in [0.2, 0.25) is 0 Å². The van der Waals surface area contributed by atoms with Crippen LogP contribution < -0.4 is 28.2 Å². The Morgan fingerprint density at radius 1 is 1.16 bits per heavy atom. The Labute approximate surface area is 255 Å². The SMILES string of the molecule is NC(N)=NCCCCNc1ccn([C@H]2C[C@H](OP(=O)(O)OC[C@H]3O[C@@H](n4cnc5c(N)ncnc54)C[C@@H]3O)[C@@H](CO)O2)c(=O)n1. The molecule has 10 N–H and O–H groups in total. The van der Waals surface area contributed by atoms with Crippen molar-refractivity contribution in [1.29, 1.82) is 0 Å². The number of aliphatic imine (C=N–C) groups is 1. The van der Waals surface area contributed by atoms with Gasteiger partial charge in [-0.3, -0.25) is 23.2 Å². The van der Waals surface area contributed by atoms with Crippen molar-refractivity contribution in [3.8, 4) is 0 Å². The number of nitrogens with zero attached hydrogens (tertiary/aromatic N) is 7. The summed E-state index contributed by atoms with van der Waals surface area (Å²) in [5, 5.41) is 23.4. The molecule has 0 spiro atoms. The monoisotopic (exact) mass is 653 g/mol. The molecule has 3 aromatic rings. The van der Waals surface area contributed by atoms with Gasteiger partial charge in [-0.05, 0) is 18.9 Å². The van der Waals surface area contributed by atoms with E-state index in [0.717, 1.165) is 12.8 Å². The third-order valence-corrected chi connectivity index (χ3v) is 8.27. The molecule has 5 heterocycles. The second-order valence-electron chi connectivity index (χ2n) is 10.4. The number of hydrogen-bond acceptors (Lipinski definition) is 15. The number of fused-ring (bicyclic) bond motifs is 1. The van der Waals surface area contributed by atoms with Gasteiger partial charge in [-0.25, -0.2) is 24.3 Å². The molecule has 246 valence electrons. The summed E-state index contributed by atoms with van der Waals surface area (Å²) in [6.45, 7) is -0.00492. The van der Waals surface area contributed by atoms with Crippen LogP contribution >= 0.6 is 7.82 Å². The van der Waals surface area contributed by atoms with E-state index in [1.54, 1.807) is 10.6 Å². The van der Waals surface area contributed by atoms with Crippen molar-refractivity contribution in [3.05, 3.63) is 35.4 Å². The lowest BCUT2D eigenvalue weighted by Gasteiger charge is -2.21. The van der Waals surface area contributed by atoms with E-state index in [-0.39, 0.29) is 24.6 Å². The molecule has 0 saturated carbocycles. The topological polar surface area (TPSA) is 296 Å². The summed E-state index contributed by atoms with van der Waals surface area (Å²) in [7, 11) is -4.73.